The van der Waals surface area contributed by atoms with E-state index in [2.05, 4.69) is 65.2 Å². The minimum atomic E-state index is -0.379. The van der Waals surface area contributed by atoms with Crippen LogP contribution in [-0.4, -0.2) is 30.4 Å². The van der Waals surface area contributed by atoms with Crippen molar-refractivity contribution in [3.63, 3.8) is 0 Å². The summed E-state index contributed by atoms with van der Waals surface area (Å²) in [5.41, 5.74) is 5.75. The van der Waals surface area contributed by atoms with E-state index >= 15 is 0 Å². The summed E-state index contributed by atoms with van der Waals surface area (Å²) in [5.74, 6) is 0.582. The molecule has 8 heteroatoms. The summed E-state index contributed by atoms with van der Waals surface area (Å²) in [6.07, 6.45) is 3.69. The third kappa shape index (κ3) is 5.64. The van der Waals surface area contributed by atoms with E-state index in [-0.39, 0.29) is 12.5 Å². The maximum Gasteiger partial charge on any atom is 0.277 e. The zero-order chi connectivity index (χ0) is 23.2. The summed E-state index contributed by atoms with van der Waals surface area (Å²) < 4.78 is 14.6. The Labute approximate surface area is 208 Å². The lowest BCUT2D eigenvalue weighted by atomic mass is 10.2. The van der Waals surface area contributed by atoms with Gasteiger partial charge < -0.3 is 14.0 Å². The van der Waals surface area contributed by atoms with E-state index in [1.165, 1.54) is 5.56 Å². The third-order valence-electron chi connectivity index (χ3n) is 4.95. The smallest absolute Gasteiger partial charge is 0.277 e. The lowest BCUT2D eigenvalue weighted by Crippen LogP contribution is -2.24. The Balaban J connectivity index is 1.43. The molecule has 0 aliphatic carbocycles. The van der Waals surface area contributed by atoms with Crippen LogP contribution < -0.4 is 14.9 Å². The number of methoxy groups -OCH3 is 1. The summed E-state index contributed by atoms with van der Waals surface area (Å²) in [6, 6.07) is 22.0. The summed E-state index contributed by atoms with van der Waals surface area (Å²) in [5, 5.41) is 5.20. The van der Waals surface area contributed by atoms with Crippen LogP contribution in [0.15, 0.2) is 87.0 Å². The molecule has 0 spiro atoms. The largest absolute Gasteiger partial charge is 0.493 e. The summed E-state index contributed by atoms with van der Waals surface area (Å²) in [7, 11) is 1.54. The molecular weight excluding hydrogens is 550 g/mol. The summed E-state index contributed by atoms with van der Waals surface area (Å²) in [4.78, 5) is 12.3. The fourth-order valence-corrected chi connectivity index (χ4v) is 4.76. The Kier molecular flexibility index (Phi) is 7.47. The number of nitrogens with zero attached hydrogens (tertiary/aromatic N) is 2. The van der Waals surface area contributed by atoms with Crippen LogP contribution in [0.2, 0.25) is 0 Å². The van der Waals surface area contributed by atoms with Crippen LogP contribution in [0, 0.1) is 0 Å². The van der Waals surface area contributed by atoms with Crippen LogP contribution in [0.3, 0.4) is 0 Å². The number of ether oxygens (including phenoxy) is 2. The van der Waals surface area contributed by atoms with Gasteiger partial charge in [-0.05, 0) is 39.7 Å². The molecule has 4 aromatic rings. The molecule has 0 aliphatic heterocycles. The second-order valence-corrected chi connectivity index (χ2v) is 8.99. The highest BCUT2D eigenvalue weighted by Gasteiger charge is 2.13. The van der Waals surface area contributed by atoms with E-state index in [1.54, 1.807) is 19.4 Å². The standard InChI is InChI=1S/C25H21Br2N3O3/c1-32-23-12-19(26)11-21(27)25(23)33-16-24(31)29-28-13-18-15-30(14-17-7-3-2-4-8-17)22-10-6-5-9-20(18)22/h2-13,15H,14,16H2,1H3,(H,29,31). The SMILES string of the molecule is COc1cc(Br)cc(Br)c1OCC(=O)NN=Cc1cn(Cc2ccccc2)c2ccccc12. The molecule has 0 atom stereocenters. The van der Waals surface area contributed by atoms with E-state index in [1.807, 2.05) is 48.7 Å². The molecule has 0 unspecified atom stereocenters. The van der Waals surface area contributed by atoms with E-state index in [0.29, 0.717) is 16.0 Å². The molecule has 0 aliphatic rings. The second-order valence-electron chi connectivity index (χ2n) is 7.22. The first-order valence-corrected chi connectivity index (χ1v) is 11.7. The first kappa shape index (κ1) is 23.1. The molecule has 1 aromatic heterocycles. The van der Waals surface area contributed by atoms with Gasteiger partial charge in [0.1, 0.15) is 0 Å². The Morgan fingerprint density at radius 3 is 2.64 bits per heavy atom. The molecule has 0 bridgehead atoms. The van der Waals surface area contributed by atoms with Gasteiger partial charge in [-0.25, -0.2) is 5.43 Å². The van der Waals surface area contributed by atoms with Crippen molar-refractivity contribution in [2.45, 2.75) is 6.54 Å². The molecule has 33 heavy (non-hydrogen) atoms. The molecule has 4 rings (SSSR count). The van der Waals surface area contributed by atoms with Gasteiger partial charge >= 0.3 is 0 Å². The van der Waals surface area contributed by atoms with Gasteiger partial charge in [-0.1, -0.05) is 64.5 Å². The summed E-state index contributed by atoms with van der Waals surface area (Å²) >= 11 is 6.82. The van der Waals surface area contributed by atoms with E-state index < -0.39 is 0 Å². The van der Waals surface area contributed by atoms with Gasteiger partial charge in [0.15, 0.2) is 18.1 Å². The monoisotopic (exact) mass is 569 g/mol. The van der Waals surface area contributed by atoms with Gasteiger partial charge in [0, 0.05) is 33.7 Å². The van der Waals surface area contributed by atoms with Crippen molar-refractivity contribution in [2.24, 2.45) is 5.10 Å². The number of para-hydroxylation sites is 1. The lowest BCUT2D eigenvalue weighted by molar-refractivity contribution is -0.123. The van der Waals surface area contributed by atoms with Crippen molar-refractivity contribution in [1.82, 2.24) is 9.99 Å². The zero-order valence-electron chi connectivity index (χ0n) is 17.8. The molecule has 6 nitrogen and oxygen atoms in total. The lowest BCUT2D eigenvalue weighted by Gasteiger charge is -2.12. The van der Waals surface area contributed by atoms with Crippen LogP contribution in [0.5, 0.6) is 11.5 Å². The number of halogens is 2. The highest BCUT2D eigenvalue weighted by molar-refractivity contribution is 9.11. The molecule has 0 radical (unpaired) electrons. The van der Waals surface area contributed by atoms with Crippen LogP contribution in [-0.2, 0) is 11.3 Å². The minimum absolute atomic E-state index is 0.205. The van der Waals surface area contributed by atoms with Crippen molar-refractivity contribution in [1.29, 1.82) is 0 Å². The first-order chi connectivity index (χ1) is 16.0. The zero-order valence-corrected chi connectivity index (χ0v) is 21.0. The molecule has 0 fully saturated rings. The molecule has 1 amide bonds. The number of benzene rings is 3. The number of hydrazone groups is 1. The fourth-order valence-electron chi connectivity index (χ4n) is 3.46. The van der Waals surface area contributed by atoms with Crippen molar-refractivity contribution in [3.05, 3.63) is 93.0 Å². The van der Waals surface area contributed by atoms with Gasteiger partial charge in [0.25, 0.3) is 5.91 Å². The van der Waals surface area contributed by atoms with E-state index in [9.17, 15) is 4.79 Å². The molecule has 1 heterocycles. The predicted octanol–water partition coefficient (Wildman–Crippen LogP) is 5.75. The number of carbonyl (C=O) groups excluding carboxylic acids is 1. The van der Waals surface area contributed by atoms with Crippen LogP contribution in [0.25, 0.3) is 10.9 Å². The number of nitrogens with one attached hydrogen (secondary N) is 1. The summed E-state index contributed by atoms with van der Waals surface area (Å²) in [6.45, 7) is 0.545. The minimum Gasteiger partial charge on any atom is -0.493 e. The third-order valence-corrected chi connectivity index (χ3v) is 6.00. The number of rotatable bonds is 8. The highest BCUT2D eigenvalue weighted by atomic mass is 79.9. The molecule has 168 valence electrons. The quantitative estimate of drug-likeness (QED) is 0.217. The number of carbonyl (C=O) groups is 1. The first-order valence-electron chi connectivity index (χ1n) is 10.1. The van der Waals surface area contributed by atoms with Gasteiger partial charge in [-0.3, -0.25) is 4.79 Å². The van der Waals surface area contributed by atoms with Gasteiger partial charge in [0.2, 0.25) is 0 Å². The maximum absolute atomic E-state index is 12.3. The Morgan fingerprint density at radius 1 is 1.09 bits per heavy atom. The van der Waals surface area contributed by atoms with Crippen molar-refractivity contribution >= 4 is 54.9 Å². The maximum atomic E-state index is 12.3. The van der Waals surface area contributed by atoms with Crippen LogP contribution in [0.4, 0.5) is 0 Å². The van der Waals surface area contributed by atoms with Crippen molar-refractivity contribution in [2.75, 3.05) is 13.7 Å². The number of hydrogen-bond donors (Lipinski definition) is 1. The molecule has 1 N–H and O–H groups in total. The Bertz CT molecular complexity index is 1300. The molecule has 0 saturated carbocycles. The van der Waals surface area contributed by atoms with Gasteiger partial charge in [-0.15, -0.1) is 0 Å². The van der Waals surface area contributed by atoms with Crippen molar-refractivity contribution < 1.29 is 14.3 Å². The molecular formula is C25H21Br2N3O3. The second kappa shape index (κ2) is 10.7. The molecule has 0 saturated heterocycles. The van der Waals surface area contributed by atoms with Gasteiger partial charge in [0.05, 0.1) is 17.8 Å². The van der Waals surface area contributed by atoms with Gasteiger partial charge in [-0.2, -0.15) is 5.10 Å². The van der Waals surface area contributed by atoms with Crippen molar-refractivity contribution in [3.8, 4) is 11.5 Å². The number of amides is 1. The van der Waals surface area contributed by atoms with E-state index in [4.69, 9.17) is 9.47 Å². The average Bonchev–Trinajstić information content (AvgIpc) is 3.16. The number of fused-ring (bicyclic) bond motifs is 1. The van der Waals surface area contributed by atoms with Crippen LogP contribution >= 0.6 is 31.9 Å². The average molecular weight is 571 g/mol. The predicted molar refractivity (Wildman–Crippen MR) is 137 cm³/mol. The highest BCUT2D eigenvalue weighted by Crippen LogP contribution is 2.38. The Morgan fingerprint density at radius 2 is 1.85 bits per heavy atom. The number of hydrogen-bond acceptors (Lipinski definition) is 4. The fraction of sp³-hybridized carbons (Fsp3) is 0.120. The molecule has 3 aromatic carbocycles. The van der Waals surface area contributed by atoms with E-state index in [0.717, 1.165) is 27.5 Å². The Hall–Kier alpha value is -3.10. The topological polar surface area (TPSA) is 64.8 Å². The number of aromatic nitrogens is 1. The normalized spacial score (nSPS) is 11.1. The van der Waals surface area contributed by atoms with Crippen LogP contribution in [0.1, 0.15) is 11.1 Å².